The van der Waals surface area contributed by atoms with Crippen molar-refractivity contribution < 1.29 is 19.1 Å². The number of aromatic nitrogens is 1. The Kier molecular flexibility index (Phi) is 4.90. The average Bonchev–Trinajstić information content (AvgIpc) is 3.49. The molecule has 5 rings (SSSR count). The number of fused-ring (bicyclic) bond motifs is 1. The Labute approximate surface area is 188 Å². The van der Waals surface area contributed by atoms with E-state index in [0.29, 0.717) is 22.2 Å². The van der Waals surface area contributed by atoms with Gasteiger partial charge in [-0.3, -0.25) is 14.5 Å². The molecule has 1 aliphatic heterocycles. The summed E-state index contributed by atoms with van der Waals surface area (Å²) >= 11 is 1.34. The van der Waals surface area contributed by atoms with Crippen LogP contribution in [0.15, 0.2) is 70.7 Å². The third-order valence-corrected chi connectivity index (χ3v) is 6.60. The van der Waals surface area contributed by atoms with Crippen LogP contribution in [-0.4, -0.2) is 21.8 Å². The van der Waals surface area contributed by atoms with Crippen molar-refractivity contribution >= 4 is 44.1 Å². The van der Waals surface area contributed by atoms with E-state index in [0.717, 1.165) is 22.2 Å². The SMILES string of the molecule is CCc1ccc2nc(N3C(=O)C(=O)/C(=C(/O)c4ccccc4)[C@@H]3c3ccc(C)o3)sc2c1. The topological polar surface area (TPSA) is 83.6 Å². The fraction of sp³-hybridized carbons (Fsp3) is 0.160. The van der Waals surface area contributed by atoms with Gasteiger partial charge in [-0.1, -0.05) is 54.7 Å². The van der Waals surface area contributed by atoms with Crippen LogP contribution < -0.4 is 4.90 Å². The lowest BCUT2D eigenvalue weighted by Gasteiger charge is -2.20. The smallest absolute Gasteiger partial charge is 0.302 e. The second-order valence-electron chi connectivity index (χ2n) is 7.64. The fourth-order valence-electron chi connectivity index (χ4n) is 3.93. The summed E-state index contributed by atoms with van der Waals surface area (Å²) in [5.74, 6) is -0.704. The normalized spacial score (nSPS) is 18.1. The maximum atomic E-state index is 13.2. The maximum absolute atomic E-state index is 13.2. The molecule has 0 unspecified atom stereocenters. The van der Waals surface area contributed by atoms with E-state index in [9.17, 15) is 14.7 Å². The van der Waals surface area contributed by atoms with Crippen LogP contribution in [0.1, 0.15) is 35.6 Å². The van der Waals surface area contributed by atoms with E-state index < -0.39 is 17.7 Å². The van der Waals surface area contributed by atoms with Crippen molar-refractivity contribution in [2.75, 3.05) is 4.90 Å². The molecule has 0 radical (unpaired) electrons. The second-order valence-corrected chi connectivity index (χ2v) is 8.64. The first-order chi connectivity index (χ1) is 15.5. The largest absolute Gasteiger partial charge is 0.507 e. The number of aliphatic hydroxyl groups is 1. The van der Waals surface area contributed by atoms with Crippen LogP contribution in [-0.2, 0) is 16.0 Å². The molecule has 0 saturated carbocycles. The summed E-state index contributed by atoms with van der Waals surface area (Å²) in [5.41, 5.74) is 2.36. The van der Waals surface area contributed by atoms with Crippen LogP contribution in [0, 0.1) is 6.92 Å². The van der Waals surface area contributed by atoms with Crippen LogP contribution in [0.5, 0.6) is 0 Å². The molecule has 6 nitrogen and oxygen atoms in total. The molecule has 1 aliphatic rings. The minimum atomic E-state index is -0.907. The van der Waals surface area contributed by atoms with Gasteiger partial charge < -0.3 is 9.52 Å². The van der Waals surface area contributed by atoms with Crippen molar-refractivity contribution in [1.82, 2.24) is 4.98 Å². The highest BCUT2D eigenvalue weighted by molar-refractivity contribution is 7.22. The third-order valence-electron chi connectivity index (χ3n) is 5.58. The van der Waals surface area contributed by atoms with Crippen LogP contribution in [0.2, 0.25) is 0 Å². The molecule has 0 bridgehead atoms. The zero-order chi connectivity index (χ0) is 22.4. The van der Waals surface area contributed by atoms with E-state index in [1.165, 1.54) is 16.2 Å². The molecule has 32 heavy (non-hydrogen) atoms. The summed E-state index contributed by atoms with van der Waals surface area (Å²) in [6.07, 6.45) is 0.885. The molecule has 2 aromatic carbocycles. The van der Waals surface area contributed by atoms with Gasteiger partial charge in [-0.25, -0.2) is 4.98 Å². The van der Waals surface area contributed by atoms with Crippen LogP contribution >= 0.6 is 11.3 Å². The number of aryl methyl sites for hydroxylation is 2. The Balaban J connectivity index is 1.71. The lowest BCUT2D eigenvalue weighted by atomic mass is 9.99. The quantitative estimate of drug-likeness (QED) is 0.259. The summed E-state index contributed by atoms with van der Waals surface area (Å²) in [5, 5.41) is 11.4. The Morgan fingerprint density at radius 3 is 2.59 bits per heavy atom. The Bertz CT molecular complexity index is 1380. The zero-order valence-electron chi connectivity index (χ0n) is 17.5. The standard InChI is InChI=1S/C25H20N2O4S/c1-3-15-10-11-17-19(13-15)32-25(26-17)27-21(18-12-9-14(2)31-18)20(23(29)24(27)30)22(28)16-7-5-4-6-8-16/h4-13,21,28H,3H2,1-2H3/b22-20+/t21-/m0/s1. The number of furan rings is 1. The van der Waals surface area contributed by atoms with Crippen LogP contribution in [0.3, 0.4) is 0 Å². The van der Waals surface area contributed by atoms with Crippen molar-refractivity contribution in [3.63, 3.8) is 0 Å². The molecule has 1 fully saturated rings. The summed E-state index contributed by atoms with van der Waals surface area (Å²) in [7, 11) is 0. The van der Waals surface area contributed by atoms with E-state index in [-0.39, 0.29) is 11.3 Å². The monoisotopic (exact) mass is 444 g/mol. The van der Waals surface area contributed by atoms with Crippen molar-refractivity contribution in [3.05, 3.63) is 88.9 Å². The minimum Gasteiger partial charge on any atom is -0.507 e. The number of thiazole rings is 1. The highest BCUT2D eigenvalue weighted by Gasteiger charge is 2.49. The number of carbonyl (C=O) groups excluding carboxylic acids is 2. The maximum Gasteiger partial charge on any atom is 0.302 e. The summed E-state index contributed by atoms with van der Waals surface area (Å²) in [6.45, 7) is 3.86. The van der Waals surface area contributed by atoms with Gasteiger partial charge in [-0.05, 0) is 43.2 Å². The molecule has 7 heteroatoms. The molecular weight excluding hydrogens is 424 g/mol. The van der Waals surface area contributed by atoms with Gasteiger partial charge in [0, 0.05) is 5.56 Å². The van der Waals surface area contributed by atoms with E-state index in [2.05, 4.69) is 11.9 Å². The minimum absolute atomic E-state index is 0.0101. The molecule has 0 aliphatic carbocycles. The van der Waals surface area contributed by atoms with E-state index >= 15 is 0 Å². The molecule has 3 heterocycles. The molecule has 4 aromatic rings. The zero-order valence-corrected chi connectivity index (χ0v) is 18.3. The molecule has 1 amide bonds. The number of benzene rings is 2. The summed E-state index contributed by atoms with van der Waals surface area (Å²) in [4.78, 5) is 32.3. The molecule has 1 atom stereocenters. The number of amides is 1. The number of aliphatic hydroxyl groups excluding tert-OH is 1. The third kappa shape index (κ3) is 3.22. The highest BCUT2D eigenvalue weighted by Crippen LogP contribution is 2.44. The lowest BCUT2D eigenvalue weighted by Crippen LogP contribution is -2.29. The van der Waals surface area contributed by atoms with Gasteiger partial charge in [0.2, 0.25) is 0 Å². The van der Waals surface area contributed by atoms with Gasteiger partial charge in [0.1, 0.15) is 23.3 Å². The first-order valence-electron chi connectivity index (χ1n) is 10.3. The highest BCUT2D eigenvalue weighted by atomic mass is 32.1. The molecule has 1 N–H and O–H groups in total. The number of carbonyl (C=O) groups is 2. The van der Waals surface area contributed by atoms with Crippen molar-refractivity contribution in [2.24, 2.45) is 0 Å². The molecule has 1 saturated heterocycles. The Morgan fingerprint density at radius 1 is 1.12 bits per heavy atom. The Hall–Kier alpha value is -3.71. The van der Waals surface area contributed by atoms with E-state index in [1.54, 1.807) is 43.3 Å². The van der Waals surface area contributed by atoms with Gasteiger partial charge in [0.15, 0.2) is 5.13 Å². The van der Waals surface area contributed by atoms with Gasteiger partial charge >= 0.3 is 5.91 Å². The predicted molar refractivity (Wildman–Crippen MR) is 124 cm³/mol. The van der Waals surface area contributed by atoms with Crippen molar-refractivity contribution in [2.45, 2.75) is 26.3 Å². The molecular formula is C25H20N2O4S. The second kappa shape index (κ2) is 7.76. The van der Waals surface area contributed by atoms with E-state index in [1.807, 2.05) is 24.3 Å². The van der Waals surface area contributed by atoms with Gasteiger partial charge in [-0.2, -0.15) is 0 Å². The average molecular weight is 445 g/mol. The van der Waals surface area contributed by atoms with Crippen molar-refractivity contribution in [1.29, 1.82) is 0 Å². The van der Waals surface area contributed by atoms with E-state index in [4.69, 9.17) is 4.42 Å². The first kappa shape index (κ1) is 20.2. The molecule has 160 valence electrons. The Morgan fingerprint density at radius 2 is 1.91 bits per heavy atom. The number of nitrogens with zero attached hydrogens (tertiary/aromatic N) is 2. The van der Waals surface area contributed by atoms with Gasteiger partial charge in [-0.15, -0.1) is 0 Å². The number of hydrogen-bond donors (Lipinski definition) is 1. The lowest BCUT2D eigenvalue weighted by molar-refractivity contribution is -0.132. The number of rotatable bonds is 4. The van der Waals surface area contributed by atoms with Gasteiger partial charge in [0.25, 0.3) is 5.78 Å². The number of anilines is 1. The van der Waals surface area contributed by atoms with Crippen molar-refractivity contribution in [3.8, 4) is 0 Å². The fourth-order valence-corrected chi connectivity index (χ4v) is 4.99. The molecule has 0 spiro atoms. The molecule has 2 aromatic heterocycles. The predicted octanol–water partition coefficient (Wildman–Crippen LogP) is 5.39. The summed E-state index contributed by atoms with van der Waals surface area (Å²) < 4.78 is 6.76. The number of ketones is 1. The number of hydrogen-bond acceptors (Lipinski definition) is 6. The van der Waals surface area contributed by atoms with Crippen LogP contribution in [0.4, 0.5) is 5.13 Å². The van der Waals surface area contributed by atoms with Gasteiger partial charge in [0.05, 0.1) is 15.8 Å². The first-order valence-corrected chi connectivity index (χ1v) is 11.1. The van der Waals surface area contributed by atoms with Crippen LogP contribution in [0.25, 0.3) is 16.0 Å². The number of Topliss-reactive ketones (excluding diaryl/α,β-unsaturated/α-hetero) is 1. The summed E-state index contributed by atoms with van der Waals surface area (Å²) in [6, 6.07) is 17.3.